The van der Waals surface area contributed by atoms with Gasteiger partial charge in [-0.1, -0.05) is 39.0 Å². The van der Waals surface area contributed by atoms with Crippen molar-refractivity contribution in [3.05, 3.63) is 47.7 Å². The second-order valence-electron chi connectivity index (χ2n) is 7.84. The van der Waals surface area contributed by atoms with Crippen LogP contribution in [0.1, 0.15) is 49.9 Å². The lowest BCUT2D eigenvalue weighted by atomic mass is 9.72. The number of fused-ring (bicyclic) bond motifs is 2. The van der Waals surface area contributed by atoms with Gasteiger partial charge in [-0.2, -0.15) is 0 Å². The smallest absolute Gasteiger partial charge is 0.0462 e. The van der Waals surface area contributed by atoms with Gasteiger partial charge in [0.25, 0.3) is 0 Å². The third-order valence-electron chi connectivity index (χ3n) is 5.81. The number of rotatable bonds is 2. The quantitative estimate of drug-likeness (QED) is 0.795. The van der Waals surface area contributed by atoms with E-state index in [1.165, 1.54) is 28.6 Å². The van der Waals surface area contributed by atoms with Crippen LogP contribution in [-0.2, 0) is 11.8 Å². The third kappa shape index (κ3) is 1.90. The lowest BCUT2D eigenvalue weighted by Crippen LogP contribution is -2.46. The molecule has 0 saturated carbocycles. The van der Waals surface area contributed by atoms with Crippen LogP contribution in [0, 0.1) is 5.92 Å². The van der Waals surface area contributed by atoms with Gasteiger partial charge in [-0.15, -0.1) is 6.58 Å². The molecular formula is C20H26N2. The molecule has 1 fully saturated rings. The maximum Gasteiger partial charge on any atom is 0.0462 e. The molecule has 4 rings (SSSR count). The van der Waals surface area contributed by atoms with Crippen molar-refractivity contribution in [2.45, 2.75) is 51.0 Å². The molecule has 0 unspecified atom stereocenters. The maximum absolute atomic E-state index is 4.05. The number of allylic oxidation sites excluding steroid dienone is 1. The van der Waals surface area contributed by atoms with Crippen LogP contribution in [0.3, 0.4) is 0 Å². The maximum atomic E-state index is 4.05. The Hall–Kier alpha value is -1.54. The van der Waals surface area contributed by atoms with Crippen molar-refractivity contribution < 1.29 is 0 Å². The Morgan fingerprint density at radius 3 is 2.91 bits per heavy atom. The molecule has 0 bridgehead atoms. The average molecular weight is 294 g/mol. The fraction of sp³-hybridized carbons (Fsp3) is 0.500. The monoisotopic (exact) mass is 294 g/mol. The predicted molar refractivity (Wildman–Crippen MR) is 93.5 cm³/mol. The molecule has 2 aliphatic rings. The highest BCUT2D eigenvalue weighted by Crippen LogP contribution is 2.45. The van der Waals surface area contributed by atoms with Gasteiger partial charge < -0.3 is 10.3 Å². The van der Waals surface area contributed by atoms with E-state index in [-0.39, 0.29) is 5.41 Å². The number of aromatic amines is 1. The molecule has 1 aromatic carbocycles. The predicted octanol–water partition coefficient (Wildman–Crippen LogP) is 4.27. The third-order valence-corrected chi connectivity index (χ3v) is 5.81. The van der Waals surface area contributed by atoms with Crippen molar-refractivity contribution >= 4 is 10.9 Å². The van der Waals surface area contributed by atoms with E-state index in [0.29, 0.717) is 12.0 Å². The normalized spacial score (nSPS) is 27.7. The molecule has 116 valence electrons. The Balaban J connectivity index is 1.95. The number of H-pyrrole nitrogens is 1. The summed E-state index contributed by atoms with van der Waals surface area (Å²) in [6, 6.07) is 7.38. The number of piperidine rings is 1. The van der Waals surface area contributed by atoms with Crippen LogP contribution in [0.25, 0.3) is 10.9 Å². The van der Waals surface area contributed by atoms with Crippen molar-refractivity contribution in [3.8, 4) is 0 Å². The van der Waals surface area contributed by atoms with Crippen LogP contribution in [-0.4, -0.2) is 17.6 Å². The van der Waals surface area contributed by atoms with Gasteiger partial charge in [0, 0.05) is 34.0 Å². The molecule has 2 heteroatoms. The Morgan fingerprint density at radius 1 is 1.32 bits per heavy atom. The molecule has 2 nitrogen and oxygen atoms in total. The Morgan fingerprint density at radius 2 is 2.14 bits per heavy atom. The van der Waals surface area contributed by atoms with Crippen LogP contribution in [0.2, 0.25) is 0 Å². The van der Waals surface area contributed by atoms with Crippen molar-refractivity contribution in [2.75, 3.05) is 6.54 Å². The zero-order valence-electron chi connectivity index (χ0n) is 13.9. The fourth-order valence-corrected chi connectivity index (χ4v) is 4.47. The van der Waals surface area contributed by atoms with E-state index < -0.39 is 0 Å². The highest BCUT2D eigenvalue weighted by molar-refractivity contribution is 5.90. The summed E-state index contributed by atoms with van der Waals surface area (Å²) >= 11 is 0. The largest absolute Gasteiger partial charge is 0.357 e. The summed E-state index contributed by atoms with van der Waals surface area (Å²) in [4.78, 5) is 3.71. The summed E-state index contributed by atoms with van der Waals surface area (Å²) in [5.74, 6) is 1.43. The molecule has 2 aromatic rings. The Bertz CT molecular complexity index is 737. The first-order chi connectivity index (χ1) is 10.5. The molecule has 1 saturated heterocycles. The number of nitrogens with one attached hydrogen (secondary N) is 2. The Kier molecular flexibility index (Phi) is 3.02. The van der Waals surface area contributed by atoms with Gasteiger partial charge in [-0.25, -0.2) is 0 Å². The molecule has 1 aliphatic heterocycles. The second-order valence-corrected chi connectivity index (χ2v) is 7.84. The standard InChI is InChI=1S/C20H26N2/c1-5-20(3,4)19-15-10-17-14(9-12(2)11-21-17)13-7-6-8-16(22-19)18(13)15/h5-8,12,14,17,21-22H,1,9-11H2,2-4H3/t12-,14-,17-/m1/s1. The van der Waals surface area contributed by atoms with Gasteiger partial charge in [0.05, 0.1) is 0 Å². The minimum absolute atomic E-state index is 0.0135. The Labute approximate surface area is 133 Å². The number of aromatic nitrogens is 1. The minimum Gasteiger partial charge on any atom is -0.357 e. The summed E-state index contributed by atoms with van der Waals surface area (Å²) < 4.78 is 0. The van der Waals surface area contributed by atoms with Gasteiger partial charge in [0.15, 0.2) is 0 Å². The fourth-order valence-electron chi connectivity index (χ4n) is 4.47. The highest BCUT2D eigenvalue weighted by atomic mass is 14.9. The van der Waals surface area contributed by atoms with Crippen molar-refractivity contribution in [1.29, 1.82) is 0 Å². The first-order valence-electron chi connectivity index (χ1n) is 8.52. The van der Waals surface area contributed by atoms with Crippen molar-refractivity contribution in [1.82, 2.24) is 10.3 Å². The van der Waals surface area contributed by atoms with Gasteiger partial charge in [-0.3, -0.25) is 0 Å². The topological polar surface area (TPSA) is 27.8 Å². The summed E-state index contributed by atoms with van der Waals surface area (Å²) in [5.41, 5.74) is 5.70. The summed E-state index contributed by atoms with van der Waals surface area (Å²) in [7, 11) is 0. The zero-order valence-corrected chi connectivity index (χ0v) is 13.9. The highest BCUT2D eigenvalue weighted by Gasteiger charge is 2.37. The molecule has 0 amide bonds. The molecule has 1 aliphatic carbocycles. The molecule has 2 heterocycles. The van der Waals surface area contributed by atoms with Crippen LogP contribution in [0.5, 0.6) is 0 Å². The molecule has 2 N–H and O–H groups in total. The van der Waals surface area contributed by atoms with E-state index in [2.05, 4.69) is 61.9 Å². The SMILES string of the molecule is C=CC(C)(C)c1[nH]c2cccc3c2c1C[C@H]1NC[C@H](C)C[C@H]31. The lowest BCUT2D eigenvalue weighted by molar-refractivity contribution is 0.282. The number of hydrogen-bond acceptors (Lipinski definition) is 1. The van der Waals surface area contributed by atoms with Crippen molar-refractivity contribution in [3.63, 3.8) is 0 Å². The van der Waals surface area contributed by atoms with E-state index in [0.717, 1.165) is 18.9 Å². The van der Waals surface area contributed by atoms with E-state index >= 15 is 0 Å². The average Bonchev–Trinajstić information content (AvgIpc) is 2.89. The van der Waals surface area contributed by atoms with E-state index in [1.807, 2.05) is 0 Å². The van der Waals surface area contributed by atoms with E-state index in [9.17, 15) is 0 Å². The number of hydrogen-bond donors (Lipinski definition) is 2. The summed E-state index contributed by atoms with van der Waals surface area (Å²) in [6.45, 7) is 12.1. The molecule has 3 atom stereocenters. The first kappa shape index (κ1) is 14.1. The molecule has 0 radical (unpaired) electrons. The van der Waals surface area contributed by atoms with Crippen LogP contribution in [0.4, 0.5) is 0 Å². The van der Waals surface area contributed by atoms with Crippen LogP contribution < -0.4 is 5.32 Å². The molecule has 22 heavy (non-hydrogen) atoms. The minimum atomic E-state index is -0.0135. The second kappa shape index (κ2) is 4.73. The van der Waals surface area contributed by atoms with Gasteiger partial charge in [0.1, 0.15) is 0 Å². The van der Waals surface area contributed by atoms with Crippen LogP contribution in [0.15, 0.2) is 30.9 Å². The van der Waals surface area contributed by atoms with Gasteiger partial charge in [-0.05, 0) is 42.5 Å². The zero-order chi connectivity index (χ0) is 15.5. The van der Waals surface area contributed by atoms with Crippen LogP contribution >= 0.6 is 0 Å². The van der Waals surface area contributed by atoms with Gasteiger partial charge >= 0.3 is 0 Å². The van der Waals surface area contributed by atoms with E-state index in [1.54, 1.807) is 5.56 Å². The summed E-state index contributed by atoms with van der Waals surface area (Å²) in [6.07, 6.45) is 4.51. The van der Waals surface area contributed by atoms with Crippen molar-refractivity contribution in [2.24, 2.45) is 5.92 Å². The lowest BCUT2D eigenvalue weighted by Gasteiger charge is -2.40. The number of benzene rings is 1. The van der Waals surface area contributed by atoms with Gasteiger partial charge in [0.2, 0.25) is 0 Å². The van der Waals surface area contributed by atoms with E-state index in [4.69, 9.17) is 0 Å². The summed E-state index contributed by atoms with van der Waals surface area (Å²) in [5, 5.41) is 5.29. The molecule has 0 spiro atoms. The molecular weight excluding hydrogens is 268 g/mol. The first-order valence-corrected chi connectivity index (χ1v) is 8.52. The molecule has 1 aromatic heterocycles.